The fourth-order valence-electron chi connectivity index (χ4n) is 1.44. The zero-order chi connectivity index (χ0) is 13.1. The van der Waals surface area contributed by atoms with E-state index in [4.69, 9.17) is 9.47 Å². The lowest BCUT2D eigenvalue weighted by Gasteiger charge is -2.21. The Kier molecular flexibility index (Phi) is 4.01. The smallest absolute Gasteiger partial charge is 0.407 e. The van der Waals surface area contributed by atoms with Crippen LogP contribution in [0.25, 0.3) is 0 Å². The molecule has 0 aliphatic heterocycles. The predicted molar refractivity (Wildman–Crippen MR) is 62.5 cm³/mol. The number of amides is 1. The van der Waals surface area contributed by atoms with Crippen LogP contribution in [0.1, 0.15) is 40.5 Å². The van der Waals surface area contributed by atoms with Gasteiger partial charge in [0, 0.05) is 6.54 Å². The van der Waals surface area contributed by atoms with Crippen LogP contribution in [-0.2, 0) is 14.3 Å². The van der Waals surface area contributed by atoms with E-state index in [2.05, 4.69) is 5.32 Å². The van der Waals surface area contributed by atoms with Crippen molar-refractivity contribution in [2.45, 2.75) is 46.1 Å². The number of rotatable bonds is 4. The van der Waals surface area contributed by atoms with Crippen molar-refractivity contribution in [3.63, 3.8) is 0 Å². The summed E-state index contributed by atoms with van der Waals surface area (Å²) in [5.74, 6) is -0.226. The highest BCUT2D eigenvalue weighted by Crippen LogP contribution is 2.46. The fraction of sp³-hybridized carbons (Fsp3) is 0.833. The van der Waals surface area contributed by atoms with E-state index in [1.807, 2.05) is 0 Å². The average molecular weight is 243 g/mol. The van der Waals surface area contributed by atoms with Gasteiger partial charge in [-0.05, 0) is 40.5 Å². The third-order valence-corrected chi connectivity index (χ3v) is 2.53. The molecule has 0 radical (unpaired) electrons. The minimum Gasteiger partial charge on any atom is -0.466 e. The highest BCUT2D eigenvalue weighted by molar-refractivity contribution is 5.81. The molecule has 1 amide bonds. The van der Waals surface area contributed by atoms with Crippen LogP contribution >= 0.6 is 0 Å². The third kappa shape index (κ3) is 4.24. The molecule has 5 heteroatoms. The molecule has 0 aromatic heterocycles. The normalized spacial score (nSPS) is 17.2. The monoisotopic (exact) mass is 243 g/mol. The molecule has 1 aliphatic rings. The molecule has 1 saturated carbocycles. The average Bonchev–Trinajstić information content (AvgIpc) is 2.93. The molecule has 1 aliphatic carbocycles. The Morgan fingerprint density at radius 3 is 2.29 bits per heavy atom. The van der Waals surface area contributed by atoms with Gasteiger partial charge in [-0.2, -0.15) is 0 Å². The second-order valence-electron chi connectivity index (χ2n) is 5.36. The van der Waals surface area contributed by atoms with E-state index in [-0.39, 0.29) is 5.97 Å². The number of nitrogens with one attached hydrogen (secondary N) is 1. The van der Waals surface area contributed by atoms with Crippen molar-refractivity contribution in [3.8, 4) is 0 Å². The van der Waals surface area contributed by atoms with E-state index in [9.17, 15) is 9.59 Å². The Morgan fingerprint density at radius 2 is 1.88 bits per heavy atom. The lowest BCUT2D eigenvalue weighted by molar-refractivity contribution is -0.149. The number of hydrogen-bond donors (Lipinski definition) is 1. The summed E-state index contributed by atoms with van der Waals surface area (Å²) >= 11 is 0. The van der Waals surface area contributed by atoms with Gasteiger partial charge in [-0.1, -0.05) is 0 Å². The van der Waals surface area contributed by atoms with Crippen LogP contribution in [0.5, 0.6) is 0 Å². The molecule has 0 spiro atoms. The SMILES string of the molecule is CCOC(=O)C1(CNC(=O)OC(C)(C)C)CC1. The highest BCUT2D eigenvalue weighted by Gasteiger charge is 2.51. The number of esters is 1. The molecule has 1 fully saturated rings. The summed E-state index contributed by atoms with van der Waals surface area (Å²) in [5.41, 5.74) is -1.03. The Balaban J connectivity index is 2.36. The molecule has 0 bridgehead atoms. The van der Waals surface area contributed by atoms with Gasteiger partial charge in [-0.25, -0.2) is 4.79 Å². The van der Waals surface area contributed by atoms with Crippen molar-refractivity contribution in [2.24, 2.45) is 5.41 Å². The van der Waals surface area contributed by atoms with E-state index < -0.39 is 17.1 Å². The minimum atomic E-state index is -0.523. The first-order valence-electron chi connectivity index (χ1n) is 5.93. The lowest BCUT2D eigenvalue weighted by atomic mass is 10.1. The Hall–Kier alpha value is -1.26. The van der Waals surface area contributed by atoms with Gasteiger partial charge in [-0.15, -0.1) is 0 Å². The zero-order valence-corrected chi connectivity index (χ0v) is 11.0. The maximum atomic E-state index is 11.6. The van der Waals surface area contributed by atoms with Crippen LogP contribution in [0.2, 0.25) is 0 Å². The van der Waals surface area contributed by atoms with Gasteiger partial charge in [-0.3, -0.25) is 4.79 Å². The standard InChI is InChI=1S/C12H21NO4/c1-5-16-9(14)12(6-7-12)8-13-10(15)17-11(2,3)4/h5-8H2,1-4H3,(H,13,15). The van der Waals surface area contributed by atoms with E-state index in [1.54, 1.807) is 27.7 Å². The van der Waals surface area contributed by atoms with Crippen molar-refractivity contribution >= 4 is 12.1 Å². The molecular weight excluding hydrogens is 222 g/mol. The van der Waals surface area contributed by atoms with Gasteiger partial charge < -0.3 is 14.8 Å². The van der Waals surface area contributed by atoms with Gasteiger partial charge in [0.15, 0.2) is 0 Å². The van der Waals surface area contributed by atoms with Crippen LogP contribution in [0, 0.1) is 5.41 Å². The number of hydrogen-bond acceptors (Lipinski definition) is 4. The predicted octanol–water partition coefficient (Wildman–Crippen LogP) is 1.85. The number of alkyl carbamates (subject to hydrolysis) is 1. The van der Waals surface area contributed by atoms with Crippen molar-refractivity contribution in [3.05, 3.63) is 0 Å². The molecule has 1 N–H and O–H groups in total. The molecule has 98 valence electrons. The van der Waals surface area contributed by atoms with Gasteiger partial charge in [0.05, 0.1) is 12.0 Å². The number of carbonyl (C=O) groups is 2. The van der Waals surface area contributed by atoms with E-state index in [0.717, 1.165) is 12.8 Å². The van der Waals surface area contributed by atoms with Gasteiger partial charge in [0.2, 0.25) is 0 Å². The van der Waals surface area contributed by atoms with Crippen molar-refractivity contribution in [2.75, 3.05) is 13.2 Å². The zero-order valence-electron chi connectivity index (χ0n) is 11.0. The Morgan fingerprint density at radius 1 is 1.29 bits per heavy atom. The summed E-state index contributed by atoms with van der Waals surface area (Å²) in [4.78, 5) is 23.0. The first-order valence-corrected chi connectivity index (χ1v) is 5.93. The first-order chi connectivity index (χ1) is 7.79. The van der Waals surface area contributed by atoms with Crippen LogP contribution in [0.4, 0.5) is 4.79 Å². The molecule has 0 aromatic carbocycles. The second kappa shape index (κ2) is 4.94. The second-order valence-corrected chi connectivity index (χ2v) is 5.36. The van der Waals surface area contributed by atoms with E-state index in [0.29, 0.717) is 13.2 Å². The Labute approximate surface area is 102 Å². The molecule has 0 unspecified atom stereocenters. The maximum absolute atomic E-state index is 11.6. The molecule has 0 atom stereocenters. The topological polar surface area (TPSA) is 64.6 Å². The first kappa shape index (κ1) is 13.8. The van der Waals surface area contributed by atoms with Crippen molar-refractivity contribution in [1.29, 1.82) is 0 Å². The van der Waals surface area contributed by atoms with Crippen LogP contribution in [0.3, 0.4) is 0 Å². The molecule has 0 saturated heterocycles. The summed E-state index contributed by atoms with van der Waals surface area (Å²) in [6.07, 6.45) is 1.04. The molecule has 0 aromatic rings. The summed E-state index contributed by atoms with van der Waals surface area (Å²) in [6, 6.07) is 0. The van der Waals surface area contributed by atoms with E-state index >= 15 is 0 Å². The highest BCUT2D eigenvalue weighted by atomic mass is 16.6. The third-order valence-electron chi connectivity index (χ3n) is 2.53. The molecule has 1 rings (SSSR count). The van der Waals surface area contributed by atoms with Gasteiger partial charge in [0.25, 0.3) is 0 Å². The van der Waals surface area contributed by atoms with Gasteiger partial charge in [0.1, 0.15) is 5.60 Å². The molecule has 17 heavy (non-hydrogen) atoms. The van der Waals surface area contributed by atoms with Crippen LogP contribution in [0.15, 0.2) is 0 Å². The summed E-state index contributed by atoms with van der Waals surface area (Å²) in [5, 5.41) is 2.62. The maximum Gasteiger partial charge on any atom is 0.407 e. The summed E-state index contributed by atoms with van der Waals surface area (Å²) < 4.78 is 10.1. The Bertz CT molecular complexity index is 302. The number of ether oxygens (including phenoxy) is 2. The minimum absolute atomic E-state index is 0.226. The van der Waals surface area contributed by atoms with Crippen molar-refractivity contribution in [1.82, 2.24) is 5.32 Å². The lowest BCUT2D eigenvalue weighted by Crippen LogP contribution is -2.38. The molecular formula is C12H21NO4. The van der Waals surface area contributed by atoms with Crippen LogP contribution < -0.4 is 5.32 Å². The quantitative estimate of drug-likeness (QED) is 0.765. The van der Waals surface area contributed by atoms with E-state index in [1.165, 1.54) is 0 Å². The molecule has 5 nitrogen and oxygen atoms in total. The van der Waals surface area contributed by atoms with Crippen molar-refractivity contribution < 1.29 is 19.1 Å². The van der Waals surface area contributed by atoms with Gasteiger partial charge >= 0.3 is 12.1 Å². The summed E-state index contributed by atoms with van der Waals surface area (Å²) in [7, 11) is 0. The molecule has 0 heterocycles. The van der Waals surface area contributed by atoms with Crippen LogP contribution in [-0.4, -0.2) is 30.8 Å². The largest absolute Gasteiger partial charge is 0.466 e. The summed E-state index contributed by atoms with van der Waals surface area (Å²) in [6.45, 7) is 7.82. The number of carbonyl (C=O) groups excluding carboxylic acids is 2. The fourth-order valence-corrected chi connectivity index (χ4v) is 1.44.